The summed E-state index contributed by atoms with van der Waals surface area (Å²) in [4.78, 5) is 13.2. The summed E-state index contributed by atoms with van der Waals surface area (Å²) in [6.07, 6.45) is 0. The summed E-state index contributed by atoms with van der Waals surface area (Å²) in [5.41, 5.74) is 0.630. The number of nitro groups is 1. The van der Waals surface area contributed by atoms with E-state index in [1.165, 1.54) is 0 Å². The SMILES string of the molecule is CCN(CC)CCNc1c([N+](=O)[O-])c(C(C)C)nn1C. The summed E-state index contributed by atoms with van der Waals surface area (Å²) >= 11 is 0. The van der Waals surface area contributed by atoms with Crippen molar-refractivity contribution in [1.29, 1.82) is 0 Å². The standard InChI is InChI=1S/C13H25N5O2/c1-6-17(7-2)9-8-14-13-12(18(19)20)11(10(3)4)15-16(13)5/h10,14H,6-9H2,1-5H3. The molecule has 0 atom stereocenters. The number of rotatable bonds is 8. The van der Waals surface area contributed by atoms with E-state index in [2.05, 4.69) is 29.2 Å². The maximum atomic E-state index is 11.3. The van der Waals surface area contributed by atoms with Crippen LogP contribution in [-0.4, -0.2) is 45.8 Å². The van der Waals surface area contributed by atoms with Crippen LogP contribution >= 0.6 is 0 Å². The Morgan fingerprint density at radius 2 is 2.00 bits per heavy atom. The molecule has 1 rings (SSSR count). The minimum absolute atomic E-state index is 0.0277. The molecule has 0 fully saturated rings. The van der Waals surface area contributed by atoms with Crippen molar-refractivity contribution in [1.82, 2.24) is 14.7 Å². The molecule has 1 N–H and O–H groups in total. The number of nitrogens with zero attached hydrogens (tertiary/aromatic N) is 4. The number of hydrogen-bond acceptors (Lipinski definition) is 5. The molecule has 1 heterocycles. The molecule has 0 amide bonds. The summed E-state index contributed by atoms with van der Waals surface area (Å²) < 4.78 is 1.57. The lowest BCUT2D eigenvalue weighted by Crippen LogP contribution is -2.29. The smallest absolute Gasteiger partial charge is 0.334 e. The molecule has 20 heavy (non-hydrogen) atoms. The lowest BCUT2D eigenvalue weighted by molar-refractivity contribution is -0.384. The van der Waals surface area contributed by atoms with E-state index >= 15 is 0 Å². The minimum atomic E-state index is -0.345. The molecule has 0 unspecified atom stereocenters. The van der Waals surface area contributed by atoms with Crippen molar-refractivity contribution in [2.45, 2.75) is 33.6 Å². The average Bonchev–Trinajstić information content (AvgIpc) is 2.72. The first-order valence-electron chi connectivity index (χ1n) is 7.09. The van der Waals surface area contributed by atoms with Crippen molar-refractivity contribution in [3.63, 3.8) is 0 Å². The fraction of sp³-hybridized carbons (Fsp3) is 0.769. The van der Waals surface area contributed by atoms with Gasteiger partial charge in [0.2, 0.25) is 5.82 Å². The van der Waals surface area contributed by atoms with Crippen LogP contribution in [0.5, 0.6) is 0 Å². The highest BCUT2D eigenvalue weighted by Crippen LogP contribution is 2.32. The predicted octanol–water partition coefficient (Wildman–Crippen LogP) is 2.21. The van der Waals surface area contributed by atoms with E-state index in [1.54, 1.807) is 11.7 Å². The Labute approximate surface area is 120 Å². The number of anilines is 1. The van der Waals surface area contributed by atoms with Gasteiger partial charge in [0, 0.05) is 26.1 Å². The fourth-order valence-corrected chi connectivity index (χ4v) is 2.17. The molecule has 0 radical (unpaired) electrons. The Hall–Kier alpha value is -1.63. The van der Waals surface area contributed by atoms with Crippen LogP contribution in [0.2, 0.25) is 0 Å². The van der Waals surface area contributed by atoms with Crippen LogP contribution in [0.25, 0.3) is 0 Å². The van der Waals surface area contributed by atoms with E-state index in [0.717, 1.165) is 19.6 Å². The Bertz CT molecular complexity index is 452. The predicted molar refractivity (Wildman–Crippen MR) is 80.2 cm³/mol. The van der Waals surface area contributed by atoms with Gasteiger partial charge in [0.15, 0.2) is 0 Å². The van der Waals surface area contributed by atoms with E-state index in [4.69, 9.17) is 0 Å². The Morgan fingerprint density at radius 1 is 1.40 bits per heavy atom. The van der Waals surface area contributed by atoms with Crippen LogP contribution in [0.15, 0.2) is 0 Å². The third-order valence-electron chi connectivity index (χ3n) is 3.39. The number of likely N-dealkylation sites (N-methyl/N-ethyl adjacent to an activating group) is 1. The van der Waals surface area contributed by atoms with Gasteiger partial charge in [-0.15, -0.1) is 0 Å². The van der Waals surface area contributed by atoms with Gasteiger partial charge in [0.05, 0.1) is 4.92 Å². The van der Waals surface area contributed by atoms with E-state index in [0.29, 0.717) is 18.1 Å². The van der Waals surface area contributed by atoms with Crippen molar-refractivity contribution in [3.8, 4) is 0 Å². The highest BCUT2D eigenvalue weighted by molar-refractivity contribution is 5.60. The van der Waals surface area contributed by atoms with Gasteiger partial charge >= 0.3 is 5.69 Å². The fourth-order valence-electron chi connectivity index (χ4n) is 2.17. The molecule has 7 nitrogen and oxygen atoms in total. The summed E-state index contributed by atoms with van der Waals surface area (Å²) in [5, 5.41) is 18.7. The Kier molecular flexibility index (Phi) is 5.94. The second-order valence-corrected chi connectivity index (χ2v) is 5.07. The summed E-state index contributed by atoms with van der Waals surface area (Å²) in [5.74, 6) is 0.519. The second-order valence-electron chi connectivity index (χ2n) is 5.07. The Morgan fingerprint density at radius 3 is 2.45 bits per heavy atom. The number of aryl methyl sites for hydroxylation is 1. The maximum absolute atomic E-state index is 11.3. The number of hydrogen-bond donors (Lipinski definition) is 1. The van der Waals surface area contributed by atoms with E-state index in [1.807, 2.05) is 13.8 Å². The first-order valence-corrected chi connectivity index (χ1v) is 7.09. The van der Waals surface area contributed by atoms with E-state index in [-0.39, 0.29) is 16.5 Å². The van der Waals surface area contributed by atoms with Crippen LogP contribution in [0.3, 0.4) is 0 Å². The minimum Gasteiger partial charge on any atom is -0.363 e. The van der Waals surface area contributed by atoms with Crippen LogP contribution in [-0.2, 0) is 7.05 Å². The topological polar surface area (TPSA) is 76.2 Å². The highest BCUT2D eigenvalue weighted by Gasteiger charge is 2.28. The van der Waals surface area contributed by atoms with Crippen LogP contribution in [0.1, 0.15) is 39.3 Å². The van der Waals surface area contributed by atoms with E-state index < -0.39 is 0 Å². The summed E-state index contributed by atoms with van der Waals surface area (Å²) in [6, 6.07) is 0. The zero-order chi connectivity index (χ0) is 15.3. The zero-order valence-electron chi connectivity index (χ0n) is 13.0. The maximum Gasteiger partial charge on any atom is 0.334 e. The van der Waals surface area contributed by atoms with Crippen LogP contribution in [0.4, 0.5) is 11.5 Å². The summed E-state index contributed by atoms with van der Waals surface area (Å²) in [6.45, 7) is 11.5. The molecule has 114 valence electrons. The summed E-state index contributed by atoms with van der Waals surface area (Å²) in [7, 11) is 1.73. The van der Waals surface area contributed by atoms with Crippen LogP contribution < -0.4 is 5.32 Å². The molecule has 1 aromatic rings. The van der Waals surface area contributed by atoms with Crippen molar-refractivity contribution in [2.24, 2.45) is 7.05 Å². The monoisotopic (exact) mass is 283 g/mol. The lowest BCUT2D eigenvalue weighted by atomic mass is 10.1. The first-order chi connectivity index (χ1) is 9.42. The van der Waals surface area contributed by atoms with Gasteiger partial charge in [0.1, 0.15) is 5.69 Å². The van der Waals surface area contributed by atoms with Gasteiger partial charge < -0.3 is 10.2 Å². The van der Waals surface area contributed by atoms with Crippen molar-refractivity contribution in [3.05, 3.63) is 15.8 Å². The largest absolute Gasteiger partial charge is 0.363 e. The van der Waals surface area contributed by atoms with E-state index in [9.17, 15) is 10.1 Å². The molecule has 0 aliphatic heterocycles. The Balaban J connectivity index is 2.86. The third kappa shape index (κ3) is 3.69. The molecule has 0 aromatic carbocycles. The van der Waals surface area contributed by atoms with Gasteiger partial charge in [-0.1, -0.05) is 27.7 Å². The molecule has 0 saturated carbocycles. The molecule has 0 saturated heterocycles. The molecular formula is C13H25N5O2. The van der Waals surface area contributed by atoms with Crippen molar-refractivity contribution >= 4 is 11.5 Å². The van der Waals surface area contributed by atoms with Crippen molar-refractivity contribution < 1.29 is 4.92 Å². The van der Waals surface area contributed by atoms with Gasteiger partial charge in [-0.05, 0) is 13.1 Å². The zero-order valence-corrected chi connectivity index (χ0v) is 13.0. The molecule has 0 aliphatic rings. The third-order valence-corrected chi connectivity index (χ3v) is 3.39. The van der Waals surface area contributed by atoms with Crippen LogP contribution in [0, 0.1) is 10.1 Å². The first kappa shape index (κ1) is 16.4. The molecule has 0 bridgehead atoms. The van der Waals surface area contributed by atoms with Gasteiger partial charge in [0.25, 0.3) is 0 Å². The molecule has 1 aromatic heterocycles. The lowest BCUT2D eigenvalue weighted by Gasteiger charge is -2.18. The molecular weight excluding hydrogens is 258 g/mol. The molecule has 0 aliphatic carbocycles. The van der Waals surface area contributed by atoms with Gasteiger partial charge in [-0.2, -0.15) is 5.10 Å². The van der Waals surface area contributed by atoms with Gasteiger partial charge in [-0.25, -0.2) is 4.68 Å². The van der Waals surface area contributed by atoms with Crippen molar-refractivity contribution in [2.75, 3.05) is 31.5 Å². The normalized spacial score (nSPS) is 11.3. The second kappa shape index (κ2) is 7.23. The van der Waals surface area contributed by atoms with Gasteiger partial charge in [-0.3, -0.25) is 10.1 Å². The molecule has 0 spiro atoms. The molecule has 7 heteroatoms. The number of aromatic nitrogens is 2. The quantitative estimate of drug-likeness (QED) is 0.584. The number of nitrogens with one attached hydrogen (secondary N) is 1. The average molecular weight is 283 g/mol. The highest BCUT2D eigenvalue weighted by atomic mass is 16.6.